The molecule has 7 heteroatoms. The lowest BCUT2D eigenvalue weighted by molar-refractivity contribution is 0.120. The molecule has 29 heavy (non-hydrogen) atoms. The number of halogens is 1. The zero-order valence-electron chi connectivity index (χ0n) is 15.9. The van der Waals surface area contributed by atoms with Crippen LogP contribution in [-0.2, 0) is 17.7 Å². The molecule has 4 heterocycles. The monoisotopic (exact) mass is 392 g/mol. The van der Waals surface area contributed by atoms with E-state index in [9.17, 15) is 4.39 Å². The zero-order valence-corrected chi connectivity index (χ0v) is 15.9. The van der Waals surface area contributed by atoms with Crippen LogP contribution in [0.1, 0.15) is 11.3 Å². The molecule has 0 atom stereocenters. The summed E-state index contributed by atoms with van der Waals surface area (Å²) in [6.07, 6.45) is 0.927. The van der Waals surface area contributed by atoms with Crippen LogP contribution in [0.4, 0.5) is 16.1 Å². The van der Waals surface area contributed by atoms with Gasteiger partial charge in [0.15, 0.2) is 5.58 Å². The number of anilines is 2. The van der Waals surface area contributed by atoms with E-state index < -0.39 is 0 Å². The molecule has 148 valence electrons. The number of aromatic nitrogens is 2. The number of oxazole rings is 1. The van der Waals surface area contributed by atoms with Gasteiger partial charge in [0.1, 0.15) is 11.3 Å². The molecule has 0 radical (unpaired) electrons. The topological polar surface area (TPSA) is 57.5 Å². The maximum atomic E-state index is 13.6. The highest BCUT2D eigenvalue weighted by molar-refractivity contribution is 5.85. The summed E-state index contributed by atoms with van der Waals surface area (Å²) in [5, 5.41) is 1.13. The number of rotatable bonds is 2. The Hall–Kier alpha value is -3.06. The van der Waals surface area contributed by atoms with Crippen LogP contribution in [0, 0.1) is 5.82 Å². The number of nitrogens with one attached hydrogen (secondary N) is 1. The van der Waals surface area contributed by atoms with Gasteiger partial charge >= 0.3 is 0 Å². The van der Waals surface area contributed by atoms with Crippen molar-refractivity contribution in [2.45, 2.75) is 13.0 Å². The molecule has 2 aliphatic heterocycles. The Morgan fingerprint density at radius 3 is 2.79 bits per heavy atom. The molecule has 0 saturated carbocycles. The van der Waals surface area contributed by atoms with E-state index in [0.29, 0.717) is 19.2 Å². The van der Waals surface area contributed by atoms with Crippen LogP contribution in [0.3, 0.4) is 0 Å². The fourth-order valence-corrected chi connectivity index (χ4v) is 4.43. The van der Waals surface area contributed by atoms with Gasteiger partial charge in [0.25, 0.3) is 6.01 Å². The Bertz CT molecular complexity index is 1210. The van der Waals surface area contributed by atoms with Gasteiger partial charge < -0.3 is 23.9 Å². The molecule has 0 unspecified atom stereocenters. The van der Waals surface area contributed by atoms with Crippen molar-refractivity contribution in [1.29, 1.82) is 0 Å². The quantitative estimate of drug-likeness (QED) is 0.562. The first-order valence-corrected chi connectivity index (χ1v) is 10.0. The summed E-state index contributed by atoms with van der Waals surface area (Å²) >= 11 is 0. The molecule has 1 saturated heterocycles. The Labute approximate surface area is 166 Å². The minimum absolute atomic E-state index is 0.208. The van der Waals surface area contributed by atoms with Gasteiger partial charge in [-0.1, -0.05) is 0 Å². The van der Waals surface area contributed by atoms with Crippen molar-refractivity contribution in [2.24, 2.45) is 0 Å². The molecular formula is C22H21FN4O2. The molecule has 2 aliphatic rings. The molecule has 0 amide bonds. The zero-order chi connectivity index (χ0) is 19.4. The normalized spacial score (nSPS) is 17.3. The summed E-state index contributed by atoms with van der Waals surface area (Å²) in [7, 11) is 0. The second-order valence-electron chi connectivity index (χ2n) is 7.69. The van der Waals surface area contributed by atoms with Crippen molar-refractivity contribution in [3.05, 3.63) is 53.5 Å². The van der Waals surface area contributed by atoms with E-state index in [4.69, 9.17) is 14.1 Å². The Morgan fingerprint density at radius 1 is 1.00 bits per heavy atom. The minimum Gasteiger partial charge on any atom is -0.423 e. The summed E-state index contributed by atoms with van der Waals surface area (Å²) in [5.74, 6) is -0.208. The fourth-order valence-electron chi connectivity index (χ4n) is 4.43. The highest BCUT2D eigenvalue weighted by atomic mass is 19.1. The predicted molar refractivity (Wildman–Crippen MR) is 110 cm³/mol. The second-order valence-corrected chi connectivity index (χ2v) is 7.69. The van der Waals surface area contributed by atoms with E-state index in [1.807, 2.05) is 12.1 Å². The first kappa shape index (κ1) is 16.9. The molecule has 4 aromatic rings. The van der Waals surface area contributed by atoms with Crippen LogP contribution in [0.15, 0.2) is 40.8 Å². The molecule has 0 bridgehead atoms. The molecule has 0 aliphatic carbocycles. The summed E-state index contributed by atoms with van der Waals surface area (Å²) in [6, 6.07) is 11.8. The van der Waals surface area contributed by atoms with Crippen molar-refractivity contribution in [3.63, 3.8) is 0 Å². The molecular weight excluding hydrogens is 371 g/mol. The summed E-state index contributed by atoms with van der Waals surface area (Å²) in [6.45, 7) is 4.69. The van der Waals surface area contributed by atoms with Gasteiger partial charge in [0.05, 0.1) is 19.8 Å². The molecule has 1 fully saturated rings. The largest absolute Gasteiger partial charge is 0.423 e. The second kappa shape index (κ2) is 6.49. The van der Waals surface area contributed by atoms with E-state index in [0.717, 1.165) is 66.0 Å². The van der Waals surface area contributed by atoms with E-state index >= 15 is 0 Å². The van der Waals surface area contributed by atoms with Gasteiger partial charge in [-0.05, 0) is 48.4 Å². The SMILES string of the molecule is Fc1ccc2c3c([nH]c2c1)CN(c1ccc2oc(N4CCOCC4)nc2c1)CC3. The maximum Gasteiger partial charge on any atom is 0.298 e. The number of aromatic amines is 1. The number of hydrogen-bond donors (Lipinski definition) is 1. The highest BCUT2D eigenvalue weighted by Crippen LogP contribution is 2.32. The standard InChI is InChI=1S/C22H21FN4O2/c23-14-1-3-16-17-5-6-27(13-20(17)24-18(16)11-14)15-2-4-21-19(12-15)25-22(29-21)26-7-9-28-10-8-26/h1-4,11-12,24H,5-10,13H2. The van der Waals surface area contributed by atoms with Crippen LogP contribution >= 0.6 is 0 Å². The first-order valence-electron chi connectivity index (χ1n) is 10.0. The van der Waals surface area contributed by atoms with Crippen LogP contribution in [0.2, 0.25) is 0 Å². The minimum atomic E-state index is -0.208. The maximum absolute atomic E-state index is 13.6. The number of hydrogen-bond acceptors (Lipinski definition) is 5. The lowest BCUT2D eigenvalue weighted by Crippen LogP contribution is -2.36. The van der Waals surface area contributed by atoms with E-state index in [-0.39, 0.29) is 5.82 Å². The third kappa shape index (κ3) is 2.84. The van der Waals surface area contributed by atoms with Crippen molar-refractivity contribution in [1.82, 2.24) is 9.97 Å². The number of ether oxygens (including phenoxy) is 1. The molecule has 6 rings (SSSR count). The average Bonchev–Trinajstić information content (AvgIpc) is 3.34. The van der Waals surface area contributed by atoms with Crippen LogP contribution < -0.4 is 9.80 Å². The van der Waals surface area contributed by atoms with Gasteiger partial charge in [-0.3, -0.25) is 0 Å². The summed E-state index contributed by atoms with van der Waals surface area (Å²) in [4.78, 5) is 12.6. The Morgan fingerprint density at radius 2 is 1.90 bits per heavy atom. The molecule has 1 N–H and O–H groups in total. The number of morpholine rings is 1. The molecule has 6 nitrogen and oxygen atoms in total. The van der Waals surface area contributed by atoms with Gasteiger partial charge in [-0.2, -0.15) is 4.98 Å². The molecule has 2 aromatic heterocycles. The summed E-state index contributed by atoms with van der Waals surface area (Å²) in [5.41, 5.74) is 6.12. The number of H-pyrrole nitrogens is 1. The van der Waals surface area contributed by atoms with Crippen LogP contribution in [0.5, 0.6) is 0 Å². The van der Waals surface area contributed by atoms with Gasteiger partial charge in [-0.25, -0.2) is 4.39 Å². The van der Waals surface area contributed by atoms with E-state index in [1.54, 1.807) is 6.07 Å². The number of benzene rings is 2. The summed E-state index contributed by atoms with van der Waals surface area (Å²) < 4.78 is 24.9. The fraction of sp³-hybridized carbons (Fsp3) is 0.318. The van der Waals surface area contributed by atoms with Gasteiger partial charge in [-0.15, -0.1) is 0 Å². The van der Waals surface area contributed by atoms with E-state index in [2.05, 4.69) is 26.9 Å². The van der Waals surface area contributed by atoms with E-state index in [1.165, 1.54) is 11.6 Å². The predicted octanol–water partition coefficient (Wildman–Crippen LogP) is 3.85. The molecule has 2 aromatic carbocycles. The number of nitrogens with zero attached hydrogens (tertiary/aromatic N) is 3. The Balaban J connectivity index is 1.30. The van der Waals surface area contributed by atoms with Gasteiger partial charge in [0, 0.05) is 41.9 Å². The van der Waals surface area contributed by atoms with Crippen molar-refractivity contribution < 1.29 is 13.5 Å². The van der Waals surface area contributed by atoms with Crippen LogP contribution in [-0.4, -0.2) is 42.8 Å². The third-order valence-electron chi connectivity index (χ3n) is 5.94. The van der Waals surface area contributed by atoms with Crippen molar-refractivity contribution >= 4 is 33.7 Å². The van der Waals surface area contributed by atoms with Crippen molar-refractivity contribution in [2.75, 3.05) is 42.6 Å². The van der Waals surface area contributed by atoms with Crippen molar-refractivity contribution in [3.8, 4) is 0 Å². The lowest BCUT2D eigenvalue weighted by Gasteiger charge is -2.29. The lowest BCUT2D eigenvalue weighted by atomic mass is 10.0. The smallest absolute Gasteiger partial charge is 0.298 e. The Kier molecular flexibility index (Phi) is 3.77. The molecule has 0 spiro atoms. The first-order chi connectivity index (χ1) is 14.2. The van der Waals surface area contributed by atoms with Crippen LogP contribution in [0.25, 0.3) is 22.0 Å². The number of fused-ring (bicyclic) bond motifs is 4. The highest BCUT2D eigenvalue weighted by Gasteiger charge is 2.22. The average molecular weight is 392 g/mol. The third-order valence-corrected chi connectivity index (χ3v) is 5.94. The van der Waals surface area contributed by atoms with Gasteiger partial charge in [0.2, 0.25) is 0 Å².